The van der Waals surface area contributed by atoms with Crippen LogP contribution in [0.1, 0.15) is 0 Å². The summed E-state index contributed by atoms with van der Waals surface area (Å²) in [7, 11) is 10.5. The molecule has 0 radical (unpaired) electrons. The fourth-order valence-electron chi connectivity index (χ4n) is 2.53. The Hall–Kier alpha value is -1.81. The fourth-order valence-corrected chi connectivity index (χ4v) is 3.74. The van der Waals surface area contributed by atoms with Crippen molar-refractivity contribution < 1.29 is 0 Å². The van der Waals surface area contributed by atoms with Gasteiger partial charge in [-0.3, -0.25) is 0 Å². The van der Waals surface area contributed by atoms with Crippen LogP contribution in [0.3, 0.4) is 0 Å². The van der Waals surface area contributed by atoms with Crippen LogP contribution in [-0.4, -0.2) is 35.2 Å². The molecule has 2 aromatic carbocycles. The maximum Gasteiger partial charge on any atom is 0.0551 e. The normalized spacial score (nSPS) is 12.7. The van der Waals surface area contributed by atoms with Gasteiger partial charge in [-0.05, 0) is 36.4 Å². The van der Waals surface area contributed by atoms with Crippen molar-refractivity contribution in [3.8, 4) is 0 Å². The Balaban J connectivity index is 2.06. The van der Waals surface area contributed by atoms with E-state index in [4.69, 9.17) is 0 Å². The Labute approximate surface area is 131 Å². The van der Waals surface area contributed by atoms with Gasteiger partial charge in [0.25, 0.3) is 0 Å². The summed E-state index contributed by atoms with van der Waals surface area (Å²) in [6.45, 7) is 0. The molecule has 0 aliphatic carbocycles. The van der Waals surface area contributed by atoms with Crippen molar-refractivity contribution in [1.29, 1.82) is 0 Å². The summed E-state index contributed by atoms with van der Waals surface area (Å²) in [6, 6.07) is 13.3. The van der Waals surface area contributed by atoms with E-state index >= 15 is 0 Å². The Kier molecular flexibility index (Phi) is 3.49. The SMILES string of the molecule is CN(C)c1ccc2c(c1)Sc1cc(N(C)C)ccc1N2C. The third-order valence-electron chi connectivity index (χ3n) is 3.86. The van der Waals surface area contributed by atoms with Gasteiger partial charge in [0.2, 0.25) is 0 Å². The van der Waals surface area contributed by atoms with E-state index in [2.05, 4.69) is 86.3 Å². The Morgan fingerprint density at radius 1 is 0.762 bits per heavy atom. The predicted molar refractivity (Wildman–Crippen MR) is 93.7 cm³/mol. The second-order valence-electron chi connectivity index (χ2n) is 5.75. The van der Waals surface area contributed by atoms with Gasteiger partial charge in [0, 0.05) is 56.4 Å². The minimum absolute atomic E-state index is 1.24. The number of fused-ring (bicyclic) bond motifs is 2. The van der Waals surface area contributed by atoms with Crippen LogP contribution in [0, 0.1) is 0 Å². The third-order valence-corrected chi connectivity index (χ3v) is 4.96. The molecule has 1 aliphatic rings. The topological polar surface area (TPSA) is 9.72 Å². The molecule has 1 heterocycles. The molecule has 0 saturated heterocycles. The van der Waals surface area contributed by atoms with E-state index in [1.807, 2.05) is 11.8 Å². The van der Waals surface area contributed by atoms with Crippen LogP contribution in [0.15, 0.2) is 46.2 Å². The third kappa shape index (κ3) is 2.44. The van der Waals surface area contributed by atoms with E-state index < -0.39 is 0 Å². The highest BCUT2D eigenvalue weighted by Gasteiger charge is 2.21. The number of benzene rings is 2. The summed E-state index contributed by atoms with van der Waals surface area (Å²) in [4.78, 5) is 9.19. The molecule has 0 saturated carbocycles. The van der Waals surface area contributed by atoms with E-state index in [-0.39, 0.29) is 0 Å². The molecule has 0 bridgehead atoms. The average Bonchev–Trinajstić information content (AvgIpc) is 2.46. The minimum atomic E-state index is 1.24. The van der Waals surface area contributed by atoms with Crippen LogP contribution in [0.5, 0.6) is 0 Å². The van der Waals surface area contributed by atoms with Crippen LogP contribution >= 0.6 is 11.8 Å². The molecule has 0 amide bonds. The quantitative estimate of drug-likeness (QED) is 0.827. The zero-order chi connectivity index (χ0) is 15.1. The number of anilines is 4. The summed E-state index contributed by atoms with van der Waals surface area (Å²) in [5.41, 5.74) is 5.02. The van der Waals surface area contributed by atoms with Gasteiger partial charge in [-0.25, -0.2) is 0 Å². The Morgan fingerprint density at radius 3 is 1.57 bits per heavy atom. The summed E-state index contributed by atoms with van der Waals surface area (Å²) in [6.07, 6.45) is 0. The molecule has 0 spiro atoms. The summed E-state index contributed by atoms with van der Waals surface area (Å²) < 4.78 is 0. The van der Waals surface area contributed by atoms with Gasteiger partial charge in [-0.2, -0.15) is 0 Å². The molecule has 2 aromatic rings. The Morgan fingerprint density at radius 2 is 1.19 bits per heavy atom. The molecule has 21 heavy (non-hydrogen) atoms. The lowest BCUT2D eigenvalue weighted by molar-refractivity contribution is 1.07. The fraction of sp³-hybridized carbons (Fsp3) is 0.294. The van der Waals surface area contributed by atoms with Crippen LogP contribution in [-0.2, 0) is 0 Å². The second-order valence-corrected chi connectivity index (χ2v) is 6.84. The lowest BCUT2D eigenvalue weighted by atomic mass is 10.2. The van der Waals surface area contributed by atoms with Crippen molar-refractivity contribution in [2.75, 3.05) is 49.9 Å². The van der Waals surface area contributed by atoms with Crippen molar-refractivity contribution in [1.82, 2.24) is 0 Å². The first-order chi connectivity index (χ1) is 9.97. The highest BCUT2D eigenvalue weighted by atomic mass is 32.2. The smallest absolute Gasteiger partial charge is 0.0551 e. The van der Waals surface area contributed by atoms with E-state index in [1.54, 1.807) is 0 Å². The standard InChI is InChI=1S/C17H21N3S/c1-18(2)12-6-8-14-16(10-12)21-17-11-13(19(3)4)7-9-15(17)20(14)5/h6-11H,1-5H3. The van der Waals surface area contributed by atoms with Gasteiger partial charge in [-0.15, -0.1) is 0 Å². The molecule has 3 rings (SSSR count). The predicted octanol–water partition coefficient (Wildman–Crippen LogP) is 4.05. The average molecular weight is 299 g/mol. The monoisotopic (exact) mass is 299 g/mol. The lowest BCUT2D eigenvalue weighted by Gasteiger charge is -2.31. The van der Waals surface area contributed by atoms with Crippen molar-refractivity contribution in [3.05, 3.63) is 36.4 Å². The first kappa shape index (κ1) is 14.1. The van der Waals surface area contributed by atoms with E-state index in [0.717, 1.165) is 0 Å². The number of nitrogens with zero attached hydrogens (tertiary/aromatic N) is 3. The molecule has 3 nitrogen and oxygen atoms in total. The van der Waals surface area contributed by atoms with Crippen molar-refractivity contribution in [3.63, 3.8) is 0 Å². The van der Waals surface area contributed by atoms with Gasteiger partial charge in [0.05, 0.1) is 11.4 Å². The van der Waals surface area contributed by atoms with Gasteiger partial charge in [0.15, 0.2) is 0 Å². The molecule has 110 valence electrons. The van der Waals surface area contributed by atoms with Gasteiger partial charge in [-0.1, -0.05) is 11.8 Å². The van der Waals surface area contributed by atoms with Crippen LogP contribution in [0.4, 0.5) is 22.7 Å². The van der Waals surface area contributed by atoms with Crippen LogP contribution < -0.4 is 14.7 Å². The van der Waals surface area contributed by atoms with Gasteiger partial charge >= 0.3 is 0 Å². The first-order valence-corrected chi connectivity index (χ1v) is 7.83. The molecule has 1 aliphatic heterocycles. The van der Waals surface area contributed by atoms with Gasteiger partial charge in [0.1, 0.15) is 0 Å². The first-order valence-electron chi connectivity index (χ1n) is 7.01. The van der Waals surface area contributed by atoms with Crippen molar-refractivity contribution >= 4 is 34.5 Å². The minimum Gasteiger partial charge on any atom is -0.378 e. The largest absolute Gasteiger partial charge is 0.378 e. The van der Waals surface area contributed by atoms with E-state index in [9.17, 15) is 0 Å². The second kappa shape index (κ2) is 5.19. The zero-order valence-electron chi connectivity index (χ0n) is 13.2. The van der Waals surface area contributed by atoms with E-state index in [1.165, 1.54) is 32.5 Å². The number of hydrogen-bond acceptors (Lipinski definition) is 4. The number of hydrogen-bond donors (Lipinski definition) is 0. The molecular weight excluding hydrogens is 278 g/mol. The maximum atomic E-state index is 2.28. The Bertz CT molecular complexity index is 622. The highest BCUT2D eigenvalue weighted by Crippen LogP contribution is 2.49. The molecule has 0 unspecified atom stereocenters. The van der Waals surface area contributed by atoms with Gasteiger partial charge < -0.3 is 14.7 Å². The van der Waals surface area contributed by atoms with Crippen LogP contribution in [0.2, 0.25) is 0 Å². The lowest BCUT2D eigenvalue weighted by Crippen LogP contribution is -2.16. The maximum absolute atomic E-state index is 2.28. The molecule has 0 fully saturated rings. The van der Waals surface area contributed by atoms with Crippen molar-refractivity contribution in [2.45, 2.75) is 9.79 Å². The zero-order valence-corrected chi connectivity index (χ0v) is 14.0. The summed E-state index contributed by atoms with van der Waals surface area (Å²) >= 11 is 1.85. The molecule has 0 N–H and O–H groups in total. The van der Waals surface area contributed by atoms with Crippen molar-refractivity contribution in [2.24, 2.45) is 0 Å². The summed E-state index contributed by atoms with van der Waals surface area (Å²) in [5, 5.41) is 0. The number of rotatable bonds is 2. The summed E-state index contributed by atoms with van der Waals surface area (Å²) in [5.74, 6) is 0. The molecular formula is C17H21N3S. The molecule has 4 heteroatoms. The molecule has 0 atom stereocenters. The highest BCUT2D eigenvalue weighted by molar-refractivity contribution is 7.99. The van der Waals surface area contributed by atoms with Crippen LogP contribution in [0.25, 0.3) is 0 Å². The molecule has 0 aromatic heterocycles. The van der Waals surface area contributed by atoms with E-state index in [0.29, 0.717) is 0 Å².